The minimum absolute atomic E-state index is 0.0857. The zero-order valence-corrected chi connectivity index (χ0v) is 11.2. The second kappa shape index (κ2) is 5.32. The van der Waals surface area contributed by atoms with Crippen LogP contribution in [0.2, 0.25) is 0 Å². The Kier molecular flexibility index (Phi) is 3.73. The number of hydrogen-bond donors (Lipinski definition) is 2. The lowest BCUT2D eigenvalue weighted by Gasteiger charge is -2.37. The molecule has 2 rings (SSSR count). The van der Waals surface area contributed by atoms with E-state index in [0.29, 0.717) is 12.4 Å². The lowest BCUT2D eigenvalue weighted by molar-refractivity contribution is -0.384. The number of anilines is 2. The maximum Gasteiger partial charge on any atom is 0.276 e. The van der Waals surface area contributed by atoms with E-state index in [1.54, 1.807) is 0 Å². The maximum absolute atomic E-state index is 11.3. The Balaban J connectivity index is 2.33. The van der Waals surface area contributed by atoms with Crippen LogP contribution in [0.3, 0.4) is 0 Å². The van der Waals surface area contributed by atoms with Gasteiger partial charge in [0.05, 0.1) is 23.0 Å². The van der Waals surface area contributed by atoms with Crippen LogP contribution in [-0.2, 0) is 4.79 Å². The number of carbonyl (C=O) groups is 1. The highest BCUT2D eigenvalue weighted by molar-refractivity contribution is 5.77. The van der Waals surface area contributed by atoms with Gasteiger partial charge in [0.15, 0.2) is 0 Å². The van der Waals surface area contributed by atoms with Crippen molar-refractivity contribution in [1.82, 2.24) is 4.98 Å². The largest absolute Gasteiger partial charge is 0.383 e. The summed E-state index contributed by atoms with van der Waals surface area (Å²) in [5, 5.41) is 10.9. The number of nitrogen functional groups attached to an aromatic ring is 1. The molecule has 1 aliphatic heterocycles. The van der Waals surface area contributed by atoms with Crippen molar-refractivity contribution in [3.63, 3.8) is 0 Å². The molecule has 8 heteroatoms. The van der Waals surface area contributed by atoms with Gasteiger partial charge in [0.25, 0.3) is 5.69 Å². The van der Waals surface area contributed by atoms with E-state index in [4.69, 9.17) is 11.5 Å². The van der Waals surface area contributed by atoms with E-state index in [2.05, 4.69) is 4.98 Å². The van der Waals surface area contributed by atoms with Crippen molar-refractivity contribution in [1.29, 1.82) is 0 Å². The second-order valence-corrected chi connectivity index (χ2v) is 5.04. The lowest BCUT2D eigenvalue weighted by Crippen LogP contribution is -2.46. The van der Waals surface area contributed by atoms with Crippen molar-refractivity contribution in [2.45, 2.75) is 25.8 Å². The van der Waals surface area contributed by atoms with Crippen molar-refractivity contribution in [3.8, 4) is 0 Å². The fraction of sp³-hybridized carbons (Fsp3) is 0.500. The summed E-state index contributed by atoms with van der Waals surface area (Å²) in [5.74, 6) is -0.133. The van der Waals surface area contributed by atoms with Crippen LogP contribution in [0, 0.1) is 16.0 Å². The van der Waals surface area contributed by atoms with Crippen LogP contribution >= 0.6 is 0 Å². The molecule has 1 aliphatic rings. The number of nitrogens with two attached hydrogens (primary N) is 2. The van der Waals surface area contributed by atoms with Crippen LogP contribution < -0.4 is 16.4 Å². The van der Waals surface area contributed by atoms with Crippen molar-refractivity contribution >= 4 is 23.2 Å². The highest BCUT2D eigenvalue weighted by atomic mass is 16.6. The van der Waals surface area contributed by atoms with E-state index < -0.39 is 4.92 Å². The standard InChI is InChI=1S/C12H17N5O3/c1-7-2-3-8(12(14)18)6-16(7)11-5-9(17(19)20)4-10(13)15-11/h4-5,7-8H,2-3,6H2,1H3,(H2,13,15)(H2,14,18). The molecular weight excluding hydrogens is 262 g/mol. The Bertz CT molecular complexity index is 548. The second-order valence-electron chi connectivity index (χ2n) is 5.04. The Morgan fingerprint density at radius 1 is 1.50 bits per heavy atom. The molecule has 0 bridgehead atoms. The van der Waals surface area contributed by atoms with Crippen LogP contribution in [0.15, 0.2) is 12.1 Å². The molecule has 0 radical (unpaired) electrons. The number of hydrogen-bond acceptors (Lipinski definition) is 6. The van der Waals surface area contributed by atoms with Crippen LogP contribution in [0.25, 0.3) is 0 Å². The van der Waals surface area contributed by atoms with Gasteiger partial charge < -0.3 is 16.4 Å². The predicted molar refractivity (Wildman–Crippen MR) is 74.0 cm³/mol. The maximum atomic E-state index is 11.3. The van der Waals surface area contributed by atoms with Gasteiger partial charge in [0.1, 0.15) is 11.6 Å². The third kappa shape index (κ3) is 2.79. The van der Waals surface area contributed by atoms with E-state index in [9.17, 15) is 14.9 Å². The van der Waals surface area contributed by atoms with Gasteiger partial charge in [-0.15, -0.1) is 0 Å². The Morgan fingerprint density at radius 3 is 2.80 bits per heavy atom. The molecule has 4 N–H and O–H groups in total. The molecule has 1 aromatic rings. The number of carbonyl (C=O) groups excluding carboxylic acids is 1. The number of aromatic nitrogens is 1. The van der Waals surface area contributed by atoms with Crippen molar-refractivity contribution in [3.05, 3.63) is 22.2 Å². The monoisotopic (exact) mass is 279 g/mol. The molecule has 2 unspecified atom stereocenters. The molecule has 8 nitrogen and oxygen atoms in total. The number of nitrogens with zero attached hydrogens (tertiary/aromatic N) is 3. The van der Waals surface area contributed by atoms with E-state index in [1.165, 1.54) is 12.1 Å². The summed E-state index contributed by atoms with van der Waals surface area (Å²) in [6.07, 6.45) is 1.50. The summed E-state index contributed by atoms with van der Waals surface area (Å²) in [6.45, 7) is 2.39. The molecular formula is C12H17N5O3. The van der Waals surface area contributed by atoms with Gasteiger partial charge in [-0.3, -0.25) is 14.9 Å². The Morgan fingerprint density at radius 2 is 2.20 bits per heavy atom. The van der Waals surface area contributed by atoms with Gasteiger partial charge in [-0.1, -0.05) is 0 Å². The molecule has 1 saturated heterocycles. The first-order chi connectivity index (χ1) is 9.38. The minimum atomic E-state index is -0.512. The average Bonchev–Trinajstić information content (AvgIpc) is 2.38. The molecule has 0 saturated carbocycles. The van der Waals surface area contributed by atoms with Crippen LogP contribution in [0.4, 0.5) is 17.3 Å². The topological polar surface area (TPSA) is 128 Å². The SMILES string of the molecule is CC1CCC(C(N)=O)CN1c1cc([N+](=O)[O-])cc(N)n1. The molecule has 1 aromatic heterocycles. The molecule has 0 spiro atoms. The summed E-state index contributed by atoms with van der Waals surface area (Å²) < 4.78 is 0. The van der Waals surface area contributed by atoms with E-state index in [0.717, 1.165) is 12.8 Å². The number of amides is 1. The summed E-state index contributed by atoms with van der Waals surface area (Å²) in [6, 6.07) is 2.71. The first kappa shape index (κ1) is 14.0. The number of rotatable bonds is 3. The summed E-state index contributed by atoms with van der Waals surface area (Å²) in [4.78, 5) is 27.7. The van der Waals surface area contributed by atoms with Gasteiger partial charge in [-0.2, -0.15) is 0 Å². The summed E-state index contributed by atoms with van der Waals surface area (Å²) in [7, 11) is 0. The molecule has 1 amide bonds. The summed E-state index contributed by atoms with van der Waals surface area (Å²) in [5.41, 5.74) is 10.8. The van der Waals surface area contributed by atoms with Gasteiger partial charge in [0.2, 0.25) is 5.91 Å². The number of nitro groups is 1. The third-order valence-corrected chi connectivity index (χ3v) is 3.61. The van der Waals surface area contributed by atoms with E-state index in [1.807, 2.05) is 11.8 Å². The van der Waals surface area contributed by atoms with Gasteiger partial charge >= 0.3 is 0 Å². The van der Waals surface area contributed by atoms with E-state index >= 15 is 0 Å². The first-order valence-corrected chi connectivity index (χ1v) is 6.36. The quantitative estimate of drug-likeness (QED) is 0.617. The predicted octanol–water partition coefficient (Wildman–Crippen LogP) is 0.662. The first-order valence-electron chi connectivity index (χ1n) is 6.36. The minimum Gasteiger partial charge on any atom is -0.383 e. The van der Waals surface area contributed by atoms with Crippen molar-refractivity contribution in [2.24, 2.45) is 11.7 Å². The van der Waals surface area contributed by atoms with Crippen molar-refractivity contribution in [2.75, 3.05) is 17.2 Å². The molecule has 0 aromatic carbocycles. The number of piperidine rings is 1. The van der Waals surface area contributed by atoms with Gasteiger partial charge in [-0.25, -0.2) is 4.98 Å². The molecule has 108 valence electrons. The molecule has 2 atom stereocenters. The molecule has 2 heterocycles. The van der Waals surface area contributed by atoms with Crippen LogP contribution in [-0.4, -0.2) is 28.4 Å². The fourth-order valence-electron chi connectivity index (χ4n) is 2.43. The lowest BCUT2D eigenvalue weighted by atomic mass is 9.93. The highest BCUT2D eigenvalue weighted by Crippen LogP contribution is 2.29. The Labute approximate surface area is 115 Å². The van der Waals surface area contributed by atoms with Crippen LogP contribution in [0.5, 0.6) is 0 Å². The van der Waals surface area contributed by atoms with E-state index in [-0.39, 0.29) is 29.4 Å². The van der Waals surface area contributed by atoms with Crippen molar-refractivity contribution < 1.29 is 9.72 Å². The van der Waals surface area contributed by atoms with Gasteiger partial charge in [0, 0.05) is 12.6 Å². The smallest absolute Gasteiger partial charge is 0.276 e. The number of pyridine rings is 1. The fourth-order valence-corrected chi connectivity index (χ4v) is 2.43. The zero-order valence-electron chi connectivity index (χ0n) is 11.2. The van der Waals surface area contributed by atoms with Gasteiger partial charge in [-0.05, 0) is 19.8 Å². The Hall–Kier alpha value is -2.38. The zero-order chi connectivity index (χ0) is 14.9. The van der Waals surface area contributed by atoms with Crippen LogP contribution in [0.1, 0.15) is 19.8 Å². The number of primary amides is 1. The molecule has 1 fully saturated rings. The average molecular weight is 279 g/mol. The molecule has 0 aliphatic carbocycles. The normalized spacial score (nSPS) is 22.6. The molecule has 20 heavy (non-hydrogen) atoms. The summed E-state index contributed by atoms with van der Waals surface area (Å²) >= 11 is 0. The third-order valence-electron chi connectivity index (χ3n) is 3.61. The highest BCUT2D eigenvalue weighted by Gasteiger charge is 2.30.